The van der Waals surface area contributed by atoms with Crippen molar-refractivity contribution in [2.75, 3.05) is 0 Å². The molecule has 0 radical (unpaired) electrons. The van der Waals surface area contributed by atoms with Gasteiger partial charge in [-0.1, -0.05) is 23.7 Å². The lowest BCUT2D eigenvalue weighted by atomic mass is 10.1. The number of nitrogens with zero attached hydrogens (tertiary/aromatic N) is 3. The maximum atomic E-state index is 12.6. The van der Waals surface area contributed by atoms with E-state index < -0.39 is 0 Å². The third kappa shape index (κ3) is 4.25. The second kappa shape index (κ2) is 6.69. The number of imidazole rings is 1. The molecule has 25 heavy (non-hydrogen) atoms. The van der Waals surface area contributed by atoms with Crippen LogP contribution in [0.2, 0.25) is 5.02 Å². The smallest absolute Gasteiger partial charge is 0.251 e. The van der Waals surface area contributed by atoms with Gasteiger partial charge in [-0.05, 0) is 45.0 Å². The summed E-state index contributed by atoms with van der Waals surface area (Å²) >= 11 is 5.97. The molecule has 128 valence electrons. The fraction of sp³-hybridized carbons (Fsp3) is 0.211. The molecule has 3 aromatic rings. The first kappa shape index (κ1) is 17.2. The Balaban J connectivity index is 2.08. The van der Waals surface area contributed by atoms with Gasteiger partial charge in [-0.2, -0.15) is 0 Å². The van der Waals surface area contributed by atoms with Crippen LogP contribution in [-0.2, 0) is 0 Å². The second-order valence-corrected chi connectivity index (χ2v) is 7.22. The average molecular weight is 355 g/mol. The molecule has 0 atom stereocenters. The van der Waals surface area contributed by atoms with Crippen molar-refractivity contribution in [1.82, 2.24) is 19.9 Å². The topological polar surface area (TPSA) is 59.8 Å². The molecule has 0 aliphatic carbocycles. The van der Waals surface area contributed by atoms with Crippen LogP contribution in [0.25, 0.3) is 17.1 Å². The summed E-state index contributed by atoms with van der Waals surface area (Å²) in [6.45, 7) is 5.84. The van der Waals surface area contributed by atoms with Gasteiger partial charge in [0.25, 0.3) is 5.91 Å². The summed E-state index contributed by atoms with van der Waals surface area (Å²) in [5.41, 5.74) is 1.80. The zero-order valence-electron chi connectivity index (χ0n) is 14.3. The molecular weight excluding hydrogens is 336 g/mol. The summed E-state index contributed by atoms with van der Waals surface area (Å²) in [5, 5.41) is 3.64. The largest absolute Gasteiger partial charge is 0.347 e. The lowest BCUT2D eigenvalue weighted by molar-refractivity contribution is 0.0919. The van der Waals surface area contributed by atoms with Gasteiger partial charge in [0.2, 0.25) is 0 Å². The lowest BCUT2D eigenvalue weighted by Gasteiger charge is -2.21. The van der Waals surface area contributed by atoms with Crippen LogP contribution in [0.4, 0.5) is 0 Å². The Bertz CT molecular complexity index is 881. The van der Waals surface area contributed by atoms with Crippen LogP contribution < -0.4 is 5.32 Å². The molecule has 3 rings (SSSR count). The molecule has 0 fully saturated rings. The molecule has 6 heteroatoms. The molecule has 0 aliphatic heterocycles. The van der Waals surface area contributed by atoms with Gasteiger partial charge in [0, 0.05) is 34.1 Å². The van der Waals surface area contributed by atoms with E-state index in [0.29, 0.717) is 22.1 Å². The average Bonchev–Trinajstić information content (AvgIpc) is 3.08. The molecule has 0 bridgehead atoms. The molecular formula is C19H19ClN4O. The van der Waals surface area contributed by atoms with Crippen molar-refractivity contribution < 1.29 is 4.79 Å². The van der Waals surface area contributed by atoms with E-state index in [2.05, 4.69) is 15.3 Å². The van der Waals surface area contributed by atoms with Crippen molar-refractivity contribution in [3.05, 3.63) is 65.7 Å². The van der Waals surface area contributed by atoms with Crippen LogP contribution in [0.3, 0.4) is 0 Å². The Hall–Kier alpha value is -2.66. The first-order chi connectivity index (χ1) is 11.8. The molecule has 0 spiro atoms. The number of hydrogen-bond donors (Lipinski definition) is 1. The molecule has 2 aromatic heterocycles. The van der Waals surface area contributed by atoms with E-state index in [1.807, 2.05) is 32.9 Å². The van der Waals surface area contributed by atoms with Crippen LogP contribution in [0.5, 0.6) is 0 Å². The zero-order valence-corrected chi connectivity index (χ0v) is 15.1. The highest BCUT2D eigenvalue weighted by atomic mass is 35.5. The Labute approximate surface area is 151 Å². The van der Waals surface area contributed by atoms with Gasteiger partial charge in [0.15, 0.2) is 0 Å². The van der Waals surface area contributed by atoms with E-state index in [1.54, 1.807) is 47.6 Å². The first-order valence-corrected chi connectivity index (χ1v) is 8.28. The Morgan fingerprint density at radius 1 is 1.16 bits per heavy atom. The predicted octanol–water partition coefficient (Wildman–Crippen LogP) is 4.12. The van der Waals surface area contributed by atoms with Crippen LogP contribution >= 0.6 is 11.6 Å². The summed E-state index contributed by atoms with van der Waals surface area (Å²) in [4.78, 5) is 21.3. The number of carbonyl (C=O) groups is 1. The van der Waals surface area contributed by atoms with Gasteiger partial charge >= 0.3 is 0 Å². The monoisotopic (exact) mass is 354 g/mol. The quantitative estimate of drug-likeness (QED) is 0.769. The van der Waals surface area contributed by atoms with Gasteiger partial charge in [0.1, 0.15) is 12.1 Å². The summed E-state index contributed by atoms with van der Waals surface area (Å²) in [5.74, 6) is 0.482. The fourth-order valence-electron chi connectivity index (χ4n) is 2.36. The lowest BCUT2D eigenvalue weighted by Crippen LogP contribution is -2.40. The Kier molecular flexibility index (Phi) is 4.59. The predicted molar refractivity (Wildman–Crippen MR) is 99.0 cm³/mol. The maximum Gasteiger partial charge on any atom is 0.251 e. The number of amides is 1. The number of nitrogens with one attached hydrogen (secondary N) is 1. The van der Waals surface area contributed by atoms with E-state index in [-0.39, 0.29) is 11.4 Å². The molecule has 2 heterocycles. The Morgan fingerprint density at radius 2 is 1.88 bits per heavy atom. The number of rotatable bonds is 3. The van der Waals surface area contributed by atoms with Crippen LogP contribution in [0.1, 0.15) is 31.1 Å². The molecule has 1 N–H and O–H groups in total. The number of pyridine rings is 1. The SMILES string of the molecule is CC(C)(C)NC(=O)c1cc(-c2ccc(Cl)cc2)nc(-n2ccnc2)c1. The van der Waals surface area contributed by atoms with Crippen LogP contribution in [0, 0.1) is 0 Å². The second-order valence-electron chi connectivity index (χ2n) is 6.78. The van der Waals surface area contributed by atoms with E-state index in [1.165, 1.54) is 0 Å². The van der Waals surface area contributed by atoms with Crippen LogP contribution in [0.15, 0.2) is 55.1 Å². The minimum atomic E-state index is -0.323. The molecule has 0 saturated heterocycles. The van der Waals surface area contributed by atoms with Crippen molar-refractivity contribution in [2.24, 2.45) is 0 Å². The number of carbonyl (C=O) groups excluding carboxylic acids is 1. The zero-order chi connectivity index (χ0) is 18.0. The summed E-state index contributed by atoms with van der Waals surface area (Å²) in [7, 11) is 0. The summed E-state index contributed by atoms with van der Waals surface area (Å²) in [6, 6.07) is 10.9. The molecule has 0 aliphatic rings. The van der Waals surface area contributed by atoms with E-state index in [9.17, 15) is 4.79 Å². The highest BCUT2D eigenvalue weighted by Crippen LogP contribution is 2.23. The highest BCUT2D eigenvalue weighted by Gasteiger charge is 2.17. The van der Waals surface area contributed by atoms with E-state index in [0.717, 1.165) is 5.56 Å². The van der Waals surface area contributed by atoms with Gasteiger partial charge in [0.05, 0.1) is 5.69 Å². The first-order valence-electron chi connectivity index (χ1n) is 7.91. The third-order valence-electron chi connectivity index (χ3n) is 3.47. The Morgan fingerprint density at radius 3 is 2.48 bits per heavy atom. The van der Waals surface area contributed by atoms with Crippen LogP contribution in [-0.4, -0.2) is 26.0 Å². The van der Waals surface area contributed by atoms with Gasteiger partial charge < -0.3 is 5.32 Å². The van der Waals surface area contributed by atoms with Crippen molar-refractivity contribution in [3.8, 4) is 17.1 Å². The summed E-state index contributed by atoms with van der Waals surface area (Å²) < 4.78 is 1.77. The molecule has 5 nitrogen and oxygen atoms in total. The molecule has 0 unspecified atom stereocenters. The third-order valence-corrected chi connectivity index (χ3v) is 3.72. The fourth-order valence-corrected chi connectivity index (χ4v) is 2.48. The van der Waals surface area contributed by atoms with Crippen molar-refractivity contribution in [2.45, 2.75) is 26.3 Å². The molecule has 0 saturated carbocycles. The number of hydrogen-bond acceptors (Lipinski definition) is 3. The number of benzene rings is 1. The van der Waals surface area contributed by atoms with E-state index >= 15 is 0 Å². The standard InChI is InChI=1S/C19H19ClN4O/c1-19(2,3)23-18(25)14-10-16(13-4-6-15(20)7-5-13)22-17(11-14)24-9-8-21-12-24/h4-12H,1-3H3,(H,23,25). The van der Waals surface area contributed by atoms with E-state index in [4.69, 9.17) is 11.6 Å². The highest BCUT2D eigenvalue weighted by molar-refractivity contribution is 6.30. The van der Waals surface area contributed by atoms with Crippen molar-refractivity contribution in [3.63, 3.8) is 0 Å². The minimum Gasteiger partial charge on any atom is -0.347 e. The minimum absolute atomic E-state index is 0.147. The summed E-state index contributed by atoms with van der Waals surface area (Å²) in [6.07, 6.45) is 5.12. The maximum absolute atomic E-state index is 12.6. The normalized spacial score (nSPS) is 11.4. The number of aromatic nitrogens is 3. The van der Waals surface area contributed by atoms with Crippen molar-refractivity contribution in [1.29, 1.82) is 0 Å². The number of halogens is 1. The van der Waals surface area contributed by atoms with Gasteiger partial charge in [-0.15, -0.1) is 0 Å². The van der Waals surface area contributed by atoms with Gasteiger partial charge in [-0.3, -0.25) is 9.36 Å². The van der Waals surface area contributed by atoms with Gasteiger partial charge in [-0.25, -0.2) is 9.97 Å². The van der Waals surface area contributed by atoms with Crippen molar-refractivity contribution >= 4 is 17.5 Å². The molecule has 1 aromatic carbocycles. The molecule has 1 amide bonds.